The lowest BCUT2D eigenvalue weighted by Gasteiger charge is -2.25. The predicted octanol–water partition coefficient (Wildman–Crippen LogP) is 2.80. The molecule has 1 atom stereocenters. The fourth-order valence-corrected chi connectivity index (χ4v) is 3.26. The number of likely N-dealkylation sites (tertiary alicyclic amines) is 1. The third kappa shape index (κ3) is 4.39. The van der Waals surface area contributed by atoms with E-state index in [1.807, 2.05) is 35.2 Å². The van der Waals surface area contributed by atoms with Crippen LogP contribution in [-0.2, 0) is 4.79 Å². The minimum absolute atomic E-state index is 0.132. The van der Waals surface area contributed by atoms with E-state index in [0.29, 0.717) is 30.0 Å². The molecule has 6 nitrogen and oxygen atoms in total. The third-order valence-corrected chi connectivity index (χ3v) is 4.73. The molecule has 2 aromatic rings. The number of hydrogen-bond donors (Lipinski definition) is 1. The highest BCUT2D eigenvalue weighted by atomic mass is 16.5. The van der Waals surface area contributed by atoms with Crippen LogP contribution in [0.15, 0.2) is 48.5 Å². The van der Waals surface area contributed by atoms with Gasteiger partial charge in [-0.1, -0.05) is 30.3 Å². The molecule has 27 heavy (non-hydrogen) atoms. The summed E-state index contributed by atoms with van der Waals surface area (Å²) in [7, 11) is 3.08. The minimum atomic E-state index is -0.299. The summed E-state index contributed by atoms with van der Waals surface area (Å²) < 4.78 is 10.5. The fraction of sp³-hybridized carbons (Fsp3) is 0.333. The van der Waals surface area contributed by atoms with Crippen molar-refractivity contribution in [2.75, 3.05) is 27.3 Å². The highest BCUT2D eigenvalue weighted by Gasteiger charge is 2.26. The summed E-state index contributed by atoms with van der Waals surface area (Å²) in [4.78, 5) is 26.8. The van der Waals surface area contributed by atoms with Crippen molar-refractivity contribution in [3.05, 3.63) is 59.7 Å². The molecule has 1 aliphatic rings. The van der Waals surface area contributed by atoms with E-state index in [-0.39, 0.29) is 17.9 Å². The number of nitrogens with one attached hydrogen (secondary N) is 1. The van der Waals surface area contributed by atoms with Crippen molar-refractivity contribution in [1.82, 2.24) is 10.2 Å². The molecule has 0 aromatic heterocycles. The average Bonchev–Trinajstić information content (AvgIpc) is 3.12. The van der Waals surface area contributed by atoms with Crippen molar-refractivity contribution in [1.29, 1.82) is 0 Å². The fourth-order valence-electron chi connectivity index (χ4n) is 3.26. The number of carbonyl (C=O) groups is 2. The topological polar surface area (TPSA) is 67.9 Å². The van der Waals surface area contributed by atoms with Crippen LogP contribution in [0.3, 0.4) is 0 Å². The molecule has 0 spiro atoms. The van der Waals surface area contributed by atoms with Crippen molar-refractivity contribution in [2.24, 2.45) is 0 Å². The van der Waals surface area contributed by atoms with E-state index in [2.05, 4.69) is 5.32 Å². The molecular formula is C21H24N2O4. The van der Waals surface area contributed by atoms with E-state index >= 15 is 0 Å². The van der Waals surface area contributed by atoms with Gasteiger partial charge in [0.15, 0.2) is 0 Å². The summed E-state index contributed by atoms with van der Waals surface area (Å²) in [6.07, 6.45) is 1.43. The van der Waals surface area contributed by atoms with Crippen molar-refractivity contribution < 1.29 is 19.1 Å². The Morgan fingerprint density at radius 2 is 1.93 bits per heavy atom. The van der Waals surface area contributed by atoms with E-state index < -0.39 is 0 Å². The zero-order chi connectivity index (χ0) is 19.2. The standard InChI is InChI=1S/C21H24N2O4/c1-26-16-10-11-17(19(13-16)27-2)21(25)22-18(15-7-4-3-5-8-15)14-23-12-6-9-20(23)24/h3-5,7-8,10-11,13,18H,6,9,12,14H2,1-2H3,(H,22,25). The summed E-state index contributed by atoms with van der Waals surface area (Å²) in [6.45, 7) is 1.18. The number of nitrogens with zero attached hydrogens (tertiary/aromatic N) is 1. The normalized spacial score (nSPS) is 14.7. The first kappa shape index (κ1) is 18.8. The Kier molecular flexibility index (Phi) is 5.96. The number of hydrogen-bond acceptors (Lipinski definition) is 4. The molecule has 6 heteroatoms. The van der Waals surface area contributed by atoms with Gasteiger partial charge in [-0.25, -0.2) is 0 Å². The Morgan fingerprint density at radius 1 is 1.15 bits per heavy atom. The molecule has 0 aliphatic carbocycles. The van der Waals surface area contributed by atoms with Crippen LogP contribution in [-0.4, -0.2) is 44.0 Å². The lowest BCUT2D eigenvalue weighted by atomic mass is 10.1. The summed E-state index contributed by atoms with van der Waals surface area (Å²) >= 11 is 0. The van der Waals surface area contributed by atoms with Crippen molar-refractivity contribution in [3.63, 3.8) is 0 Å². The van der Waals surface area contributed by atoms with Crippen LogP contribution < -0.4 is 14.8 Å². The number of amides is 2. The smallest absolute Gasteiger partial charge is 0.255 e. The van der Waals surface area contributed by atoms with Gasteiger partial charge in [-0.15, -0.1) is 0 Å². The minimum Gasteiger partial charge on any atom is -0.497 e. The number of methoxy groups -OCH3 is 2. The predicted molar refractivity (Wildman–Crippen MR) is 102 cm³/mol. The molecule has 3 rings (SSSR count). The largest absolute Gasteiger partial charge is 0.497 e. The van der Waals surface area contributed by atoms with Gasteiger partial charge < -0.3 is 19.7 Å². The Balaban J connectivity index is 1.83. The highest BCUT2D eigenvalue weighted by Crippen LogP contribution is 2.26. The zero-order valence-corrected chi connectivity index (χ0v) is 15.6. The SMILES string of the molecule is COc1ccc(C(=O)NC(CN2CCCC2=O)c2ccccc2)c(OC)c1. The van der Waals surface area contributed by atoms with Crippen LogP contribution in [0.5, 0.6) is 11.5 Å². The first-order chi connectivity index (χ1) is 13.1. The maximum atomic E-state index is 12.9. The van der Waals surface area contributed by atoms with Crippen molar-refractivity contribution >= 4 is 11.8 Å². The Labute approximate surface area is 159 Å². The molecule has 1 unspecified atom stereocenters. The number of ether oxygens (including phenoxy) is 2. The van der Waals surface area contributed by atoms with E-state index in [1.165, 1.54) is 7.11 Å². The summed E-state index contributed by atoms with van der Waals surface area (Å²) in [5.74, 6) is 0.934. The van der Waals surface area contributed by atoms with Crippen LogP contribution in [0.2, 0.25) is 0 Å². The first-order valence-electron chi connectivity index (χ1n) is 8.98. The molecule has 2 aromatic carbocycles. The van der Waals surface area contributed by atoms with E-state index in [9.17, 15) is 9.59 Å². The summed E-state index contributed by atoms with van der Waals surface area (Å²) in [5.41, 5.74) is 1.38. The lowest BCUT2D eigenvalue weighted by molar-refractivity contribution is -0.128. The van der Waals surface area contributed by atoms with Gasteiger partial charge in [0.1, 0.15) is 11.5 Å². The highest BCUT2D eigenvalue weighted by molar-refractivity contribution is 5.97. The van der Waals surface area contributed by atoms with Crippen LogP contribution in [0.4, 0.5) is 0 Å². The van der Waals surface area contributed by atoms with Crippen molar-refractivity contribution in [3.8, 4) is 11.5 Å². The monoisotopic (exact) mass is 368 g/mol. The third-order valence-electron chi connectivity index (χ3n) is 4.73. The number of benzene rings is 2. The molecule has 142 valence electrons. The van der Waals surface area contributed by atoms with E-state index in [4.69, 9.17) is 9.47 Å². The maximum Gasteiger partial charge on any atom is 0.255 e. The molecule has 1 fully saturated rings. The molecule has 1 heterocycles. The second kappa shape index (κ2) is 8.58. The van der Waals surface area contributed by atoms with Crippen LogP contribution in [0.1, 0.15) is 34.8 Å². The quantitative estimate of drug-likeness (QED) is 0.816. The molecule has 2 amide bonds. The van der Waals surface area contributed by atoms with Gasteiger partial charge in [0.05, 0.1) is 25.8 Å². The average molecular weight is 368 g/mol. The zero-order valence-electron chi connectivity index (χ0n) is 15.6. The molecule has 0 bridgehead atoms. The van der Waals surface area contributed by atoms with Gasteiger partial charge in [-0.3, -0.25) is 9.59 Å². The van der Waals surface area contributed by atoms with E-state index in [1.54, 1.807) is 25.3 Å². The van der Waals surface area contributed by atoms with Gasteiger partial charge in [0, 0.05) is 25.6 Å². The summed E-state index contributed by atoms with van der Waals surface area (Å²) in [6, 6.07) is 14.5. The van der Waals surface area contributed by atoms with Gasteiger partial charge >= 0.3 is 0 Å². The molecule has 1 aliphatic heterocycles. The molecular weight excluding hydrogens is 344 g/mol. The summed E-state index contributed by atoms with van der Waals surface area (Å²) in [5, 5.41) is 3.06. The Morgan fingerprint density at radius 3 is 2.56 bits per heavy atom. The van der Waals surface area contributed by atoms with Crippen LogP contribution in [0.25, 0.3) is 0 Å². The van der Waals surface area contributed by atoms with Crippen LogP contribution in [0, 0.1) is 0 Å². The Bertz CT molecular complexity index is 807. The molecule has 1 N–H and O–H groups in total. The van der Waals surface area contributed by atoms with Crippen molar-refractivity contribution in [2.45, 2.75) is 18.9 Å². The number of carbonyl (C=O) groups excluding carboxylic acids is 2. The molecule has 0 saturated carbocycles. The van der Waals surface area contributed by atoms with Gasteiger partial charge in [0.2, 0.25) is 5.91 Å². The molecule has 1 saturated heterocycles. The van der Waals surface area contributed by atoms with Gasteiger partial charge in [-0.05, 0) is 24.1 Å². The second-order valence-corrected chi connectivity index (χ2v) is 6.45. The second-order valence-electron chi connectivity index (χ2n) is 6.45. The first-order valence-corrected chi connectivity index (χ1v) is 8.98. The number of rotatable bonds is 7. The molecule has 0 radical (unpaired) electrons. The lowest BCUT2D eigenvalue weighted by Crippen LogP contribution is -2.38. The Hall–Kier alpha value is -3.02. The van der Waals surface area contributed by atoms with Gasteiger partial charge in [-0.2, -0.15) is 0 Å². The maximum absolute atomic E-state index is 12.9. The van der Waals surface area contributed by atoms with E-state index in [0.717, 1.165) is 18.5 Å². The van der Waals surface area contributed by atoms with Gasteiger partial charge in [0.25, 0.3) is 5.91 Å². The van der Waals surface area contributed by atoms with Crippen LogP contribution >= 0.6 is 0 Å².